The summed E-state index contributed by atoms with van der Waals surface area (Å²) in [4.78, 5) is 26.4. The van der Waals surface area contributed by atoms with E-state index in [0.29, 0.717) is 24.3 Å². The van der Waals surface area contributed by atoms with Gasteiger partial charge in [-0.1, -0.05) is 48.0 Å². The minimum absolute atomic E-state index is 0.0341. The van der Waals surface area contributed by atoms with E-state index >= 15 is 0 Å². The molecule has 34 heavy (non-hydrogen) atoms. The Labute approximate surface area is 203 Å². The average Bonchev–Trinajstić information content (AvgIpc) is 2.86. The van der Waals surface area contributed by atoms with Crippen LogP contribution in [0.1, 0.15) is 22.3 Å². The molecule has 1 amide bonds. The lowest BCUT2D eigenvalue weighted by atomic mass is 10.0. The monoisotopic (exact) mass is 498 g/mol. The maximum atomic E-state index is 13.4. The quantitative estimate of drug-likeness (QED) is 0.473. The third-order valence-corrected chi connectivity index (χ3v) is 7.80. The first-order chi connectivity index (χ1) is 16.3. The molecule has 7 nitrogen and oxygen atoms in total. The Balaban J connectivity index is 1.53. The summed E-state index contributed by atoms with van der Waals surface area (Å²) >= 11 is 6.18. The SMILES string of the molecule is CN(C(=O)COC(=O)c1cc(S(=O)(=O)N2CCCc3ccccc32)ccc1Cl)c1ccccc1. The summed E-state index contributed by atoms with van der Waals surface area (Å²) in [6, 6.07) is 20.2. The van der Waals surface area contributed by atoms with Crippen molar-refractivity contribution in [2.45, 2.75) is 17.7 Å². The van der Waals surface area contributed by atoms with E-state index in [9.17, 15) is 18.0 Å². The van der Waals surface area contributed by atoms with Crippen molar-refractivity contribution in [1.29, 1.82) is 0 Å². The van der Waals surface area contributed by atoms with Crippen LogP contribution in [0.2, 0.25) is 5.02 Å². The highest BCUT2D eigenvalue weighted by molar-refractivity contribution is 7.92. The second kappa shape index (κ2) is 9.87. The van der Waals surface area contributed by atoms with Gasteiger partial charge in [-0.25, -0.2) is 13.2 Å². The van der Waals surface area contributed by atoms with Crippen molar-refractivity contribution in [2.75, 3.05) is 29.4 Å². The number of halogens is 1. The number of esters is 1. The fraction of sp³-hybridized carbons (Fsp3) is 0.200. The zero-order valence-electron chi connectivity index (χ0n) is 18.5. The maximum absolute atomic E-state index is 13.4. The van der Waals surface area contributed by atoms with Gasteiger partial charge < -0.3 is 9.64 Å². The molecule has 0 fully saturated rings. The van der Waals surface area contributed by atoms with Gasteiger partial charge in [-0.3, -0.25) is 9.10 Å². The van der Waals surface area contributed by atoms with Crippen LogP contribution in [0, 0.1) is 0 Å². The number of hydrogen-bond acceptors (Lipinski definition) is 5. The van der Waals surface area contributed by atoms with Crippen molar-refractivity contribution in [3.05, 3.63) is 88.9 Å². The third kappa shape index (κ3) is 4.78. The second-order valence-electron chi connectivity index (χ2n) is 7.82. The summed E-state index contributed by atoms with van der Waals surface area (Å²) in [7, 11) is -2.37. The highest BCUT2D eigenvalue weighted by Gasteiger charge is 2.30. The molecule has 3 aromatic rings. The number of carbonyl (C=O) groups excluding carboxylic acids is 2. The average molecular weight is 499 g/mol. The van der Waals surface area contributed by atoms with E-state index in [0.717, 1.165) is 12.0 Å². The molecule has 0 saturated carbocycles. The van der Waals surface area contributed by atoms with Crippen molar-refractivity contribution in [3.63, 3.8) is 0 Å². The number of anilines is 2. The molecular formula is C25H23ClN2O5S. The van der Waals surface area contributed by atoms with Crippen LogP contribution in [0.15, 0.2) is 77.7 Å². The van der Waals surface area contributed by atoms with Gasteiger partial charge in [0.15, 0.2) is 6.61 Å². The lowest BCUT2D eigenvalue weighted by Crippen LogP contribution is -2.35. The van der Waals surface area contributed by atoms with Crippen molar-refractivity contribution in [3.8, 4) is 0 Å². The highest BCUT2D eigenvalue weighted by atomic mass is 35.5. The zero-order valence-corrected chi connectivity index (χ0v) is 20.1. The molecule has 0 aliphatic carbocycles. The van der Waals surface area contributed by atoms with E-state index in [-0.39, 0.29) is 15.5 Å². The molecule has 0 atom stereocenters. The molecule has 0 radical (unpaired) electrons. The number of carbonyl (C=O) groups is 2. The largest absolute Gasteiger partial charge is 0.452 e. The van der Waals surface area contributed by atoms with Crippen molar-refractivity contribution < 1.29 is 22.7 Å². The molecule has 4 rings (SSSR count). The van der Waals surface area contributed by atoms with E-state index in [1.807, 2.05) is 18.2 Å². The van der Waals surface area contributed by atoms with Gasteiger partial charge in [-0.05, 0) is 54.8 Å². The molecule has 9 heteroatoms. The summed E-state index contributed by atoms with van der Waals surface area (Å²) in [5, 5.41) is 0.0341. The van der Waals surface area contributed by atoms with Crippen molar-refractivity contribution in [1.82, 2.24) is 0 Å². The third-order valence-electron chi connectivity index (χ3n) is 5.66. The molecule has 176 valence electrons. The van der Waals surface area contributed by atoms with E-state index in [1.54, 1.807) is 43.4 Å². The number of sulfonamides is 1. The van der Waals surface area contributed by atoms with Gasteiger partial charge in [0, 0.05) is 19.3 Å². The Morgan fingerprint density at radius 1 is 1.03 bits per heavy atom. The van der Waals surface area contributed by atoms with Gasteiger partial charge in [-0.15, -0.1) is 0 Å². The van der Waals surface area contributed by atoms with Crippen LogP contribution in [0.4, 0.5) is 11.4 Å². The molecule has 0 spiro atoms. The Kier molecular flexibility index (Phi) is 6.90. The van der Waals surface area contributed by atoms with E-state index < -0.39 is 28.5 Å². The number of aryl methyl sites for hydroxylation is 1. The smallest absolute Gasteiger partial charge is 0.340 e. The normalized spacial score (nSPS) is 13.2. The van der Waals surface area contributed by atoms with Gasteiger partial charge >= 0.3 is 5.97 Å². The highest BCUT2D eigenvalue weighted by Crippen LogP contribution is 2.33. The van der Waals surface area contributed by atoms with E-state index in [2.05, 4.69) is 0 Å². The first-order valence-electron chi connectivity index (χ1n) is 10.7. The van der Waals surface area contributed by atoms with Crippen LogP contribution in [0.25, 0.3) is 0 Å². The molecule has 0 aromatic heterocycles. The summed E-state index contributed by atoms with van der Waals surface area (Å²) in [6.45, 7) is -0.181. The number of fused-ring (bicyclic) bond motifs is 1. The Hall–Kier alpha value is -3.36. The van der Waals surface area contributed by atoms with Crippen LogP contribution >= 0.6 is 11.6 Å². The van der Waals surface area contributed by atoms with Crippen LogP contribution in [0.5, 0.6) is 0 Å². The van der Waals surface area contributed by atoms with Gasteiger partial charge in [0.05, 0.1) is 21.2 Å². The number of rotatable bonds is 6. The molecule has 1 heterocycles. The second-order valence-corrected chi connectivity index (χ2v) is 10.1. The number of para-hydroxylation sites is 2. The fourth-order valence-corrected chi connectivity index (χ4v) is 5.56. The lowest BCUT2D eigenvalue weighted by Gasteiger charge is -2.30. The van der Waals surface area contributed by atoms with E-state index in [4.69, 9.17) is 16.3 Å². The number of ether oxygens (including phenoxy) is 1. The van der Waals surface area contributed by atoms with Gasteiger partial charge in [0.2, 0.25) is 0 Å². The standard InChI is InChI=1S/C25H23ClN2O5S/c1-27(19-10-3-2-4-11-19)24(29)17-33-25(30)21-16-20(13-14-22(21)26)34(31,32)28-15-7-9-18-8-5-6-12-23(18)28/h2-6,8,10-14,16H,7,9,15,17H2,1H3. The first-order valence-corrected chi connectivity index (χ1v) is 12.5. The summed E-state index contributed by atoms with van der Waals surface area (Å²) in [6.07, 6.45) is 1.49. The summed E-state index contributed by atoms with van der Waals surface area (Å²) in [5.41, 5.74) is 2.11. The Bertz CT molecular complexity index is 1330. The van der Waals surface area contributed by atoms with Crippen molar-refractivity contribution in [2.24, 2.45) is 0 Å². The molecule has 0 saturated heterocycles. The fourth-order valence-electron chi connectivity index (χ4n) is 3.79. The number of benzene rings is 3. The van der Waals surface area contributed by atoms with Gasteiger partial charge in [-0.2, -0.15) is 0 Å². The predicted octanol–water partition coefficient (Wildman–Crippen LogP) is 4.30. The number of hydrogen-bond donors (Lipinski definition) is 0. The minimum atomic E-state index is -3.94. The summed E-state index contributed by atoms with van der Waals surface area (Å²) < 4.78 is 33.3. The maximum Gasteiger partial charge on any atom is 0.340 e. The lowest BCUT2D eigenvalue weighted by molar-refractivity contribution is -0.121. The Morgan fingerprint density at radius 3 is 2.50 bits per heavy atom. The minimum Gasteiger partial charge on any atom is -0.452 e. The molecule has 0 unspecified atom stereocenters. The molecule has 1 aliphatic heterocycles. The molecule has 0 N–H and O–H groups in total. The molecule has 3 aromatic carbocycles. The van der Waals surface area contributed by atoms with Crippen LogP contribution in [-0.4, -0.2) is 40.5 Å². The molecular weight excluding hydrogens is 476 g/mol. The molecule has 1 aliphatic rings. The van der Waals surface area contributed by atoms with Crippen LogP contribution < -0.4 is 9.21 Å². The Morgan fingerprint density at radius 2 is 1.74 bits per heavy atom. The van der Waals surface area contributed by atoms with Crippen LogP contribution in [-0.2, 0) is 26.0 Å². The van der Waals surface area contributed by atoms with Crippen molar-refractivity contribution >= 4 is 44.9 Å². The zero-order chi connectivity index (χ0) is 24.3. The van der Waals surface area contributed by atoms with Crippen LogP contribution in [0.3, 0.4) is 0 Å². The summed E-state index contributed by atoms with van der Waals surface area (Å²) in [5.74, 6) is -1.32. The van der Waals surface area contributed by atoms with Gasteiger partial charge in [0.1, 0.15) is 0 Å². The molecule has 0 bridgehead atoms. The topological polar surface area (TPSA) is 84.0 Å². The number of likely N-dealkylation sites (N-methyl/N-ethyl adjacent to an activating group) is 1. The number of nitrogens with zero attached hydrogens (tertiary/aromatic N) is 2. The predicted molar refractivity (Wildman–Crippen MR) is 131 cm³/mol. The first kappa shape index (κ1) is 23.8. The van der Waals surface area contributed by atoms with Gasteiger partial charge in [0.25, 0.3) is 15.9 Å². The van der Waals surface area contributed by atoms with E-state index in [1.165, 1.54) is 27.4 Å². The number of amides is 1.